The van der Waals surface area contributed by atoms with Gasteiger partial charge in [-0.3, -0.25) is 0 Å². The van der Waals surface area contributed by atoms with E-state index in [0.717, 1.165) is 40.6 Å². The first-order chi connectivity index (χ1) is 16.5. The summed E-state index contributed by atoms with van der Waals surface area (Å²) in [5, 5.41) is 20.3. The van der Waals surface area contributed by atoms with E-state index in [2.05, 4.69) is 16.7 Å². The Hall–Kier alpha value is -3.86. The van der Waals surface area contributed by atoms with E-state index in [9.17, 15) is 19.8 Å². The molecule has 0 atom stereocenters. The van der Waals surface area contributed by atoms with Gasteiger partial charge in [0.25, 0.3) is 0 Å². The highest BCUT2D eigenvalue weighted by molar-refractivity contribution is 5.98. The first-order valence-electron chi connectivity index (χ1n) is 11.8. The monoisotopic (exact) mass is 453 g/mol. The fourth-order valence-electron chi connectivity index (χ4n) is 5.37. The van der Waals surface area contributed by atoms with Gasteiger partial charge in [0.05, 0.1) is 16.8 Å². The van der Waals surface area contributed by atoms with Gasteiger partial charge in [0, 0.05) is 17.4 Å². The van der Waals surface area contributed by atoms with Crippen molar-refractivity contribution in [2.75, 3.05) is 0 Å². The molecule has 1 aliphatic carbocycles. The van der Waals surface area contributed by atoms with Crippen molar-refractivity contribution in [1.29, 1.82) is 0 Å². The smallest absolute Gasteiger partial charge is 0.335 e. The Bertz CT molecular complexity index is 1360. The molecule has 0 unspecified atom stereocenters. The maximum absolute atomic E-state index is 11.8. The van der Waals surface area contributed by atoms with Gasteiger partial charge in [-0.25, -0.2) is 9.59 Å². The summed E-state index contributed by atoms with van der Waals surface area (Å²) in [5.41, 5.74) is 5.71. The molecule has 5 heteroatoms. The molecule has 0 spiro atoms. The van der Waals surface area contributed by atoms with E-state index in [4.69, 9.17) is 0 Å². The minimum absolute atomic E-state index is 0.244. The average molecular weight is 454 g/mol. The van der Waals surface area contributed by atoms with Crippen LogP contribution in [0, 0.1) is 0 Å². The molecule has 34 heavy (non-hydrogen) atoms. The number of carboxylic acid groups (broad SMARTS) is 2. The van der Waals surface area contributed by atoms with Crippen LogP contribution in [0.4, 0.5) is 0 Å². The molecular formula is C29H27NO4. The number of carboxylic acids is 2. The topological polar surface area (TPSA) is 79.5 Å². The van der Waals surface area contributed by atoms with Crippen molar-refractivity contribution in [1.82, 2.24) is 4.57 Å². The molecule has 1 aromatic heterocycles. The van der Waals surface area contributed by atoms with Crippen molar-refractivity contribution < 1.29 is 19.8 Å². The van der Waals surface area contributed by atoms with Crippen LogP contribution in [0.2, 0.25) is 0 Å². The third kappa shape index (κ3) is 4.10. The summed E-state index contributed by atoms with van der Waals surface area (Å²) in [7, 11) is 0. The molecule has 1 heterocycles. The molecule has 0 amide bonds. The van der Waals surface area contributed by atoms with E-state index < -0.39 is 11.9 Å². The van der Waals surface area contributed by atoms with Crippen LogP contribution in [-0.2, 0) is 6.54 Å². The lowest BCUT2D eigenvalue weighted by molar-refractivity contribution is 0.0686. The number of fused-ring (bicyclic) bond motifs is 1. The van der Waals surface area contributed by atoms with Crippen molar-refractivity contribution in [2.24, 2.45) is 0 Å². The second-order valence-electron chi connectivity index (χ2n) is 9.09. The number of nitrogens with zero attached hydrogens (tertiary/aromatic N) is 1. The van der Waals surface area contributed by atoms with E-state index in [0.29, 0.717) is 12.5 Å². The minimum atomic E-state index is -0.960. The van der Waals surface area contributed by atoms with Gasteiger partial charge in [0.15, 0.2) is 0 Å². The number of aromatic carboxylic acids is 2. The van der Waals surface area contributed by atoms with Gasteiger partial charge >= 0.3 is 11.9 Å². The predicted octanol–water partition coefficient (Wildman–Crippen LogP) is 6.80. The molecule has 0 bridgehead atoms. The van der Waals surface area contributed by atoms with Gasteiger partial charge in [-0.05, 0) is 59.7 Å². The summed E-state index contributed by atoms with van der Waals surface area (Å²) in [5.74, 6) is -1.50. The molecule has 2 N–H and O–H groups in total. The van der Waals surface area contributed by atoms with Crippen LogP contribution in [0.3, 0.4) is 0 Å². The van der Waals surface area contributed by atoms with Crippen LogP contribution >= 0.6 is 0 Å². The molecule has 1 saturated carbocycles. The van der Waals surface area contributed by atoms with Crippen molar-refractivity contribution in [3.05, 3.63) is 95.1 Å². The van der Waals surface area contributed by atoms with E-state index >= 15 is 0 Å². The number of aromatic nitrogens is 1. The van der Waals surface area contributed by atoms with Crippen LogP contribution in [0.15, 0.2) is 72.8 Å². The van der Waals surface area contributed by atoms with Crippen LogP contribution in [0.5, 0.6) is 0 Å². The zero-order valence-electron chi connectivity index (χ0n) is 18.9. The molecule has 5 nitrogen and oxygen atoms in total. The quantitative estimate of drug-likeness (QED) is 0.336. The highest BCUT2D eigenvalue weighted by atomic mass is 16.4. The van der Waals surface area contributed by atoms with E-state index in [1.165, 1.54) is 24.8 Å². The second-order valence-corrected chi connectivity index (χ2v) is 9.09. The van der Waals surface area contributed by atoms with Crippen molar-refractivity contribution in [3.8, 4) is 11.3 Å². The van der Waals surface area contributed by atoms with Crippen LogP contribution in [-0.4, -0.2) is 26.7 Å². The van der Waals surface area contributed by atoms with Crippen LogP contribution < -0.4 is 0 Å². The zero-order valence-corrected chi connectivity index (χ0v) is 18.9. The summed E-state index contributed by atoms with van der Waals surface area (Å²) in [6, 6.07) is 22.6. The van der Waals surface area contributed by atoms with Crippen molar-refractivity contribution in [2.45, 2.75) is 44.6 Å². The highest BCUT2D eigenvalue weighted by Gasteiger charge is 2.27. The molecule has 1 fully saturated rings. The first-order valence-corrected chi connectivity index (χ1v) is 11.8. The summed E-state index contributed by atoms with van der Waals surface area (Å²) in [6.45, 7) is 0.456. The highest BCUT2D eigenvalue weighted by Crippen LogP contribution is 2.44. The Labute approximate surface area is 198 Å². The lowest BCUT2D eigenvalue weighted by Crippen LogP contribution is -2.08. The van der Waals surface area contributed by atoms with E-state index in [1.54, 1.807) is 30.3 Å². The van der Waals surface area contributed by atoms with Gasteiger partial charge in [0.2, 0.25) is 0 Å². The Kier molecular flexibility index (Phi) is 5.93. The molecule has 0 saturated heterocycles. The molecule has 1 aliphatic rings. The largest absolute Gasteiger partial charge is 0.478 e. The fraction of sp³-hybridized carbons (Fsp3) is 0.241. The normalized spacial score (nSPS) is 14.4. The molecule has 0 aliphatic heterocycles. The van der Waals surface area contributed by atoms with Gasteiger partial charge in [-0.1, -0.05) is 67.8 Å². The minimum Gasteiger partial charge on any atom is -0.478 e. The molecule has 3 aromatic carbocycles. The molecule has 172 valence electrons. The lowest BCUT2D eigenvalue weighted by atomic mass is 9.82. The summed E-state index contributed by atoms with van der Waals surface area (Å²) in [6.07, 6.45) is 5.88. The molecular weight excluding hydrogens is 426 g/mol. The number of benzene rings is 3. The first kappa shape index (κ1) is 22.0. The zero-order chi connectivity index (χ0) is 23.7. The molecule has 5 rings (SSSR count). The number of rotatable bonds is 6. The van der Waals surface area contributed by atoms with Gasteiger partial charge in [-0.2, -0.15) is 0 Å². The fourth-order valence-corrected chi connectivity index (χ4v) is 5.37. The maximum Gasteiger partial charge on any atom is 0.335 e. The van der Waals surface area contributed by atoms with Gasteiger partial charge in [0.1, 0.15) is 0 Å². The standard InChI is InChI=1S/C29H27NO4/c31-28(32)22-13-7-8-19(16-22)18-30-25-17-23(29(33)34)14-15-24(25)26(20-9-3-1-4-10-20)27(30)21-11-5-2-6-12-21/h2,5-8,11-17,20H,1,3-4,9-10,18H2,(H,31,32)(H,33,34). The second kappa shape index (κ2) is 9.18. The number of carbonyl (C=O) groups is 2. The van der Waals surface area contributed by atoms with E-state index in [-0.39, 0.29) is 11.1 Å². The molecule has 4 aromatic rings. The summed E-state index contributed by atoms with van der Waals surface area (Å²) >= 11 is 0. The van der Waals surface area contributed by atoms with Gasteiger partial charge in [-0.15, -0.1) is 0 Å². The Morgan fingerprint density at radius 1 is 0.794 bits per heavy atom. The lowest BCUT2D eigenvalue weighted by Gasteiger charge is -2.24. The Morgan fingerprint density at radius 3 is 2.21 bits per heavy atom. The number of hydrogen-bond acceptors (Lipinski definition) is 2. The van der Waals surface area contributed by atoms with E-state index in [1.807, 2.05) is 30.3 Å². The Morgan fingerprint density at radius 2 is 1.50 bits per heavy atom. The summed E-state index contributed by atoms with van der Waals surface area (Å²) < 4.78 is 2.18. The third-order valence-electron chi connectivity index (χ3n) is 6.93. The van der Waals surface area contributed by atoms with Crippen LogP contribution in [0.25, 0.3) is 22.2 Å². The summed E-state index contributed by atoms with van der Waals surface area (Å²) in [4.78, 5) is 23.4. The van der Waals surface area contributed by atoms with Crippen molar-refractivity contribution >= 4 is 22.8 Å². The van der Waals surface area contributed by atoms with Crippen molar-refractivity contribution in [3.63, 3.8) is 0 Å². The average Bonchev–Trinajstić information content (AvgIpc) is 3.18. The SMILES string of the molecule is O=C(O)c1cccc(Cn2c(-c3ccccc3)c(C3CCCCC3)c3ccc(C(=O)O)cc32)c1. The van der Waals surface area contributed by atoms with Gasteiger partial charge < -0.3 is 14.8 Å². The number of hydrogen-bond donors (Lipinski definition) is 2. The third-order valence-corrected chi connectivity index (χ3v) is 6.93. The van der Waals surface area contributed by atoms with Crippen LogP contribution in [0.1, 0.15) is 69.9 Å². The maximum atomic E-state index is 11.8. The molecule has 0 radical (unpaired) electrons. The Balaban J connectivity index is 1.79. The predicted molar refractivity (Wildman–Crippen MR) is 133 cm³/mol.